The number of ether oxygens (including phenoxy) is 18. The second-order valence-electron chi connectivity index (χ2n) is 31.1. The second-order valence-corrected chi connectivity index (χ2v) is 31.1. The van der Waals surface area contributed by atoms with E-state index >= 15 is 4.39 Å². The highest BCUT2D eigenvalue weighted by molar-refractivity contribution is 5.23. The fourth-order valence-corrected chi connectivity index (χ4v) is 15.8. The van der Waals surface area contributed by atoms with Gasteiger partial charge < -0.3 is 90.4 Å². The Balaban J connectivity index is 0.832. The van der Waals surface area contributed by atoms with E-state index in [0.717, 1.165) is 61.2 Å². The molecular formula is C102H109FO19. The van der Waals surface area contributed by atoms with E-state index in [-0.39, 0.29) is 85.9 Å². The van der Waals surface area contributed by atoms with Gasteiger partial charge in [0.15, 0.2) is 18.9 Å². The first kappa shape index (κ1) is 87.5. The molecule has 0 saturated carbocycles. The van der Waals surface area contributed by atoms with Crippen LogP contribution in [0.5, 0.6) is 0 Å². The van der Waals surface area contributed by atoms with Crippen LogP contribution in [0.3, 0.4) is 0 Å². The van der Waals surface area contributed by atoms with Crippen molar-refractivity contribution < 1.29 is 94.8 Å². The van der Waals surface area contributed by atoms with Crippen LogP contribution < -0.4 is 0 Å². The van der Waals surface area contributed by atoms with Gasteiger partial charge in [0.1, 0.15) is 85.5 Å². The highest BCUT2D eigenvalue weighted by atomic mass is 19.1. The summed E-state index contributed by atoms with van der Waals surface area (Å²) in [5.74, 6) is -0.494. The van der Waals surface area contributed by atoms with Crippen molar-refractivity contribution in [2.24, 2.45) is 5.92 Å². The zero-order chi connectivity index (χ0) is 83.1. The monoisotopic (exact) mass is 1660 g/mol. The summed E-state index contributed by atoms with van der Waals surface area (Å²) in [7, 11) is 0. The molecule has 20 heteroatoms. The molecule has 0 spiro atoms. The van der Waals surface area contributed by atoms with Crippen molar-refractivity contribution >= 4 is 0 Å². The fraction of sp³-hybridized carbons (Fsp3) is 0.353. The lowest BCUT2D eigenvalue weighted by atomic mass is 9.91. The fourth-order valence-electron chi connectivity index (χ4n) is 15.8. The molecule has 15 rings (SSSR count). The zero-order valence-corrected chi connectivity index (χ0v) is 68.6. The second kappa shape index (κ2) is 46.4. The summed E-state index contributed by atoms with van der Waals surface area (Å²) in [5, 5.41) is 12.6. The molecule has 0 aromatic heterocycles. The van der Waals surface area contributed by atoms with Gasteiger partial charge >= 0.3 is 0 Å². The highest BCUT2D eigenvalue weighted by Gasteiger charge is 2.57. The minimum atomic E-state index is -2.15. The van der Waals surface area contributed by atoms with Crippen LogP contribution in [0, 0.1) is 5.92 Å². The predicted molar refractivity (Wildman–Crippen MR) is 455 cm³/mol. The van der Waals surface area contributed by atoms with Crippen LogP contribution in [-0.2, 0) is 158 Å². The van der Waals surface area contributed by atoms with Crippen LogP contribution in [0.2, 0.25) is 0 Å². The highest BCUT2D eigenvalue weighted by Crippen LogP contribution is 2.40. The van der Waals surface area contributed by atoms with Crippen molar-refractivity contribution in [2.45, 2.75) is 196 Å². The largest absolute Gasteiger partial charge is 0.387 e. The van der Waals surface area contributed by atoms with E-state index in [1.165, 1.54) is 0 Å². The van der Waals surface area contributed by atoms with Crippen LogP contribution in [0.4, 0.5) is 4.39 Å². The first-order valence-electron chi connectivity index (χ1n) is 42.2. The smallest absolute Gasteiger partial charge is 0.228 e. The van der Waals surface area contributed by atoms with Crippen molar-refractivity contribution in [1.82, 2.24) is 0 Å². The lowest BCUT2D eigenvalue weighted by Gasteiger charge is -2.51. The Morgan fingerprint density at radius 3 is 0.787 bits per heavy atom. The summed E-state index contributed by atoms with van der Waals surface area (Å²) >= 11 is 0. The van der Waals surface area contributed by atoms with E-state index in [9.17, 15) is 5.11 Å². The third-order valence-electron chi connectivity index (χ3n) is 22.2. The Morgan fingerprint density at radius 2 is 0.451 bits per heavy atom. The number of benzene rings is 11. The van der Waals surface area contributed by atoms with E-state index in [1.54, 1.807) is 0 Å². The van der Waals surface area contributed by atoms with E-state index < -0.39 is 129 Å². The Kier molecular flexibility index (Phi) is 33.2. The van der Waals surface area contributed by atoms with Crippen LogP contribution in [0.1, 0.15) is 68.1 Å². The standard InChI is InChI=1S/C102H109FO19/c1-72-89(107-59-75-39-17-4-18-40-75)91(109-61-77-43-21-6-22-44-77)84(68-105-57-73-35-13-2-14-36-73)119-100(72)116-71-87-93(111-63-79-47-25-8-26-48-79)95(113-65-81-51-29-10-30-52-81)97(115-67-83-55-33-12-34-56-83)102(121-87)122-98-96(114-66-82-53-31-11-32-54-82)92(110-62-78-45-23-7-24-46-78)85(69-106-58-74-37-15-3-16-38-74)120-101(98)117-70-86-90(108-60-76-41-19-5-20-42-76)88(104)94(99(103)118-86)112-64-80-49-27-9-28-50-80/h2-56,72,84-102,104H,57-71H2,1H3/t72?,84?,85?,86?,87?,88-,89+,90+,91+,92+,93+,94?,95-,96-,97?,98?,99-,100+,101-,102+/m0/s1. The molecule has 0 amide bonds. The molecule has 638 valence electrons. The van der Waals surface area contributed by atoms with Crippen LogP contribution in [-0.4, -0.2) is 148 Å². The molecule has 0 bridgehead atoms. The Morgan fingerprint density at radius 1 is 0.221 bits per heavy atom. The molecular weight excluding hydrogens is 1550 g/mol. The van der Waals surface area contributed by atoms with Gasteiger partial charge in [0.25, 0.3) is 0 Å². The topological polar surface area (TPSA) is 186 Å². The maximum absolute atomic E-state index is 17.3. The first-order valence-corrected chi connectivity index (χ1v) is 42.2. The molecule has 122 heavy (non-hydrogen) atoms. The third kappa shape index (κ3) is 25.2. The average Bonchev–Trinajstić information content (AvgIpc) is 0.759. The van der Waals surface area contributed by atoms with Crippen molar-refractivity contribution in [3.05, 3.63) is 395 Å². The third-order valence-corrected chi connectivity index (χ3v) is 22.2. The summed E-state index contributed by atoms with van der Waals surface area (Å²) in [6.07, 6.45) is -22.4. The van der Waals surface area contributed by atoms with Crippen LogP contribution in [0.25, 0.3) is 0 Å². The van der Waals surface area contributed by atoms with Gasteiger partial charge in [-0.15, -0.1) is 0 Å². The van der Waals surface area contributed by atoms with E-state index in [0.29, 0.717) is 6.61 Å². The lowest BCUT2D eigenvalue weighted by Crippen LogP contribution is -2.67. The van der Waals surface area contributed by atoms with Crippen molar-refractivity contribution in [1.29, 1.82) is 0 Å². The minimum absolute atomic E-state index is 0.0151. The predicted octanol–water partition coefficient (Wildman–Crippen LogP) is 17.0. The molecule has 0 radical (unpaired) electrons. The summed E-state index contributed by atoms with van der Waals surface area (Å²) in [6, 6.07) is 108. The summed E-state index contributed by atoms with van der Waals surface area (Å²) in [5.41, 5.74) is 9.75. The number of halogens is 1. The maximum Gasteiger partial charge on any atom is 0.228 e. The molecule has 11 aromatic carbocycles. The van der Waals surface area contributed by atoms with Crippen molar-refractivity contribution in [2.75, 3.05) is 26.4 Å². The van der Waals surface area contributed by atoms with Crippen molar-refractivity contribution in [3.63, 3.8) is 0 Å². The lowest BCUT2D eigenvalue weighted by molar-refractivity contribution is -0.389. The minimum Gasteiger partial charge on any atom is -0.387 e. The van der Waals surface area contributed by atoms with Gasteiger partial charge in [-0.1, -0.05) is 341 Å². The molecule has 20 atom stereocenters. The van der Waals surface area contributed by atoms with Gasteiger partial charge in [0.05, 0.1) is 105 Å². The molecule has 11 aromatic rings. The molecule has 19 nitrogen and oxygen atoms in total. The molecule has 4 saturated heterocycles. The van der Waals surface area contributed by atoms with Crippen LogP contribution in [0.15, 0.2) is 334 Å². The molecule has 4 fully saturated rings. The summed E-state index contributed by atoms with van der Waals surface area (Å²) < 4.78 is 146. The molecule has 4 heterocycles. The Bertz CT molecular complexity index is 4690. The van der Waals surface area contributed by atoms with Gasteiger partial charge in [-0.2, -0.15) is 0 Å². The number of aliphatic hydroxyl groups excluding tert-OH is 1. The van der Waals surface area contributed by atoms with Crippen LogP contribution >= 0.6 is 0 Å². The molecule has 8 unspecified atom stereocenters. The average molecular weight is 1660 g/mol. The number of aliphatic hydroxyl groups is 1. The van der Waals surface area contributed by atoms with Gasteiger partial charge in [-0.25, -0.2) is 4.39 Å². The number of rotatable bonds is 43. The van der Waals surface area contributed by atoms with E-state index in [4.69, 9.17) is 85.3 Å². The van der Waals surface area contributed by atoms with Gasteiger partial charge in [0.2, 0.25) is 6.36 Å². The Hall–Kier alpha value is -9.41. The van der Waals surface area contributed by atoms with E-state index in [1.807, 2.05) is 341 Å². The SMILES string of the molecule is CC1[C@H](OCC2O[C@H](OC3[C@@H](OCC4O[C@H](F)C(OCc5ccccc5)[C@@H](O)[C@@H]4OCc4ccccc4)OC(COCc4ccccc4)[C@@H](OCc4ccccc4)[C@@H]3OCc3ccccc3)C(OCc3ccccc3)[C@@H](OCc3ccccc3)[C@@H]2OCc2ccccc2)OC(COCc2ccccc2)[C@@H](OCc2ccccc2)[C@@H]1OCc1ccccc1. The van der Waals surface area contributed by atoms with Crippen molar-refractivity contribution in [3.8, 4) is 0 Å². The molecule has 1 N–H and O–H groups in total. The Labute approximate surface area is 714 Å². The first-order chi connectivity index (χ1) is 60.2. The summed E-state index contributed by atoms with van der Waals surface area (Å²) in [4.78, 5) is 0. The van der Waals surface area contributed by atoms with Gasteiger partial charge in [-0.3, -0.25) is 0 Å². The molecule has 0 aliphatic carbocycles. The van der Waals surface area contributed by atoms with Gasteiger partial charge in [0, 0.05) is 5.92 Å². The van der Waals surface area contributed by atoms with Gasteiger partial charge in [-0.05, 0) is 61.2 Å². The maximum atomic E-state index is 17.3. The zero-order valence-electron chi connectivity index (χ0n) is 68.6. The van der Waals surface area contributed by atoms with E-state index in [2.05, 4.69) is 0 Å². The number of hydrogen-bond acceptors (Lipinski definition) is 19. The molecule has 4 aliphatic rings. The normalized spacial score (nSPS) is 26.6. The molecule has 4 aliphatic heterocycles. The quantitative estimate of drug-likeness (QED) is 0.0380. The summed E-state index contributed by atoms with van der Waals surface area (Å²) in [6.45, 7) is 2.96. The number of alkyl halides is 1. The number of hydrogen-bond donors (Lipinski definition) is 1.